The van der Waals surface area contributed by atoms with Crippen LogP contribution >= 0.6 is 0 Å². The molecule has 0 amide bonds. The number of rotatable bonds is 6. The second-order valence-corrected chi connectivity index (χ2v) is 6.63. The van der Waals surface area contributed by atoms with Crippen molar-refractivity contribution in [3.63, 3.8) is 0 Å². The minimum Gasteiger partial charge on any atom is -0.445 e. The van der Waals surface area contributed by atoms with E-state index in [1.807, 2.05) is 19.9 Å². The lowest BCUT2D eigenvalue weighted by Crippen LogP contribution is -2.21. The molecular weight excluding hydrogens is 370 g/mol. The van der Waals surface area contributed by atoms with E-state index in [1.165, 1.54) is 24.3 Å². The molecule has 29 heavy (non-hydrogen) atoms. The number of benzene rings is 3. The Morgan fingerprint density at radius 2 is 1.55 bits per heavy atom. The molecule has 146 valence electrons. The monoisotopic (exact) mass is 389 g/mol. The number of nitro groups is 1. The van der Waals surface area contributed by atoms with E-state index in [1.54, 1.807) is 42.5 Å². The van der Waals surface area contributed by atoms with E-state index >= 15 is 0 Å². The molecule has 0 unspecified atom stereocenters. The highest BCUT2D eigenvalue weighted by Gasteiger charge is 2.29. The molecule has 0 aliphatic heterocycles. The fraction of sp³-hybridized carbons (Fsp3) is 0.130. The summed E-state index contributed by atoms with van der Waals surface area (Å²) in [6, 6.07) is 19.3. The van der Waals surface area contributed by atoms with Gasteiger partial charge in [-0.15, -0.1) is 0 Å². The molecular formula is C23H19NO5. The Hall–Kier alpha value is -3.80. The van der Waals surface area contributed by atoms with Gasteiger partial charge in [0.2, 0.25) is 5.78 Å². The largest absolute Gasteiger partial charge is 0.445 e. The quantitative estimate of drug-likeness (QED) is 0.256. The van der Waals surface area contributed by atoms with Crippen LogP contribution in [-0.4, -0.2) is 16.7 Å². The van der Waals surface area contributed by atoms with Crippen molar-refractivity contribution in [2.45, 2.75) is 20.0 Å². The molecule has 0 bridgehead atoms. The van der Waals surface area contributed by atoms with E-state index in [-0.39, 0.29) is 11.3 Å². The molecule has 0 aromatic heterocycles. The number of hydrogen-bond donors (Lipinski definition) is 0. The second-order valence-electron chi connectivity index (χ2n) is 6.63. The number of nitro benzene ring substituents is 1. The molecule has 1 atom stereocenters. The number of hydrogen-bond acceptors (Lipinski definition) is 5. The van der Waals surface area contributed by atoms with Gasteiger partial charge in [0.25, 0.3) is 5.69 Å². The SMILES string of the molecule is Cc1ccc(C(=O)[C@H](OC(=O)c2ccccc2[N+](=O)[O-])c2ccccc2)cc1C. The molecule has 3 aromatic carbocycles. The van der Waals surface area contributed by atoms with Crippen LogP contribution in [-0.2, 0) is 4.74 Å². The summed E-state index contributed by atoms with van der Waals surface area (Å²) in [5.41, 5.74) is 2.29. The zero-order chi connectivity index (χ0) is 21.0. The van der Waals surface area contributed by atoms with Gasteiger partial charge in [-0.1, -0.05) is 54.6 Å². The zero-order valence-electron chi connectivity index (χ0n) is 16.0. The van der Waals surface area contributed by atoms with Crippen molar-refractivity contribution in [3.8, 4) is 0 Å². The molecule has 0 saturated carbocycles. The Morgan fingerprint density at radius 1 is 0.897 bits per heavy atom. The van der Waals surface area contributed by atoms with E-state index in [4.69, 9.17) is 4.74 Å². The lowest BCUT2D eigenvalue weighted by molar-refractivity contribution is -0.385. The Morgan fingerprint density at radius 3 is 2.21 bits per heavy atom. The fourth-order valence-electron chi connectivity index (χ4n) is 2.92. The van der Waals surface area contributed by atoms with Crippen LogP contribution < -0.4 is 0 Å². The number of nitrogens with zero attached hydrogens (tertiary/aromatic N) is 1. The third kappa shape index (κ3) is 4.38. The molecule has 3 aromatic rings. The van der Waals surface area contributed by atoms with E-state index in [0.29, 0.717) is 11.1 Å². The number of carbonyl (C=O) groups excluding carboxylic acids is 2. The summed E-state index contributed by atoms with van der Waals surface area (Å²) >= 11 is 0. The van der Waals surface area contributed by atoms with Gasteiger partial charge in [-0.2, -0.15) is 0 Å². The van der Waals surface area contributed by atoms with Gasteiger partial charge in [0.15, 0.2) is 6.10 Å². The van der Waals surface area contributed by atoms with Gasteiger partial charge in [0.1, 0.15) is 5.56 Å². The molecule has 0 fully saturated rings. The molecule has 3 rings (SSSR count). The van der Waals surface area contributed by atoms with Crippen LogP contribution in [0.25, 0.3) is 0 Å². The van der Waals surface area contributed by atoms with Gasteiger partial charge >= 0.3 is 5.97 Å². The van der Waals surface area contributed by atoms with Crippen molar-refractivity contribution in [2.75, 3.05) is 0 Å². The number of aryl methyl sites for hydroxylation is 2. The zero-order valence-corrected chi connectivity index (χ0v) is 16.0. The molecule has 0 heterocycles. The summed E-state index contributed by atoms with van der Waals surface area (Å²) in [6.07, 6.45) is -1.22. The maximum absolute atomic E-state index is 13.2. The van der Waals surface area contributed by atoms with E-state index in [2.05, 4.69) is 0 Å². The third-order valence-electron chi connectivity index (χ3n) is 4.68. The molecule has 0 saturated heterocycles. The van der Waals surface area contributed by atoms with Gasteiger partial charge in [-0.3, -0.25) is 14.9 Å². The molecule has 0 aliphatic rings. The number of carbonyl (C=O) groups is 2. The minimum atomic E-state index is -1.22. The molecule has 0 N–H and O–H groups in total. The fourth-order valence-corrected chi connectivity index (χ4v) is 2.92. The maximum Gasteiger partial charge on any atom is 0.346 e. The Kier molecular flexibility index (Phi) is 5.83. The highest BCUT2D eigenvalue weighted by atomic mass is 16.6. The van der Waals surface area contributed by atoms with Crippen LogP contribution in [0.4, 0.5) is 5.69 Å². The van der Waals surface area contributed by atoms with Gasteiger partial charge < -0.3 is 4.74 Å². The lowest BCUT2D eigenvalue weighted by Gasteiger charge is -2.18. The summed E-state index contributed by atoms with van der Waals surface area (Å²) in [5, 5.41) is 11.2. The Balaban J connectivity index is 1.99. The molecule has 0 spiro atoms. The number of Topliss-reactive ketones (excluding diaryl/α,β-unsaturated/α-hetero) is 1. The van der Waals surface area contributed by atoms with Crippen LogP contribution in [0.3, 0.4) is 0 Å². The van der Waals surface area contributed by atoms with Crippen LogP contribution in [0.5, 0.6) is 0 Å². The summed E-state index contributed by atoms with van der Waals surface area (Å²) in [4.78, 5) is 36.5. The van der Waals surface area contributed by atoms with Crippen molar-refractivity contribution in [3.05, 3.63) is 111 Å². The van der Waals surface area contributed by atoms with Gasteiger partial charge in [0, 0.05) is 17.2 Å². The Bertz CT molecular complexity index is 1080. The van der Waals surface area contributed by atoms with Crippen molar-refractivity contribution < 1.29 is 19.2 Å². The van der Waals surface area contributed by atoms with Crippen molar-refractivity contribution in [2.24, 2.45) is 0 Å². The van der Waals surface area contributed by atoms with Crippen molar-refractivity contribution >= 4 is 17.4 Å². The predicted molar refractivity (Wildman–Crippen MR) is 108 cm³/mol. The summed E-state index contributed by atoms with van der Waals surface area (Å²) in [7, 11) is 0. The predicted octanol–water partition coefficient (Wildman–Crippen LogP) is 4.99. The Labute approximate surface area is 167 Å². The lowest BCUT2D eigenvalue weighted by atomic mass is 9.97. The van der Waals surface area contributed by atoms with Crippen LogP contribution in [0.2, 0.25) is 0 Å². The van der Waals surface area contributed by atoms with Gasteiger partial charge in [0.05, 0.1) is 4.92 Å². The number of esters is 1. The first-order valence-corrected chi connectivity index (χ1v) is 8.99. The average molecular weight is 389 g/mol. The number of ether oxygens (including phenoxy) is 1. The molecule has 6 nitrogen and oxygen atoms in total. The highest BCUT2D eigenvalue weighted by molar-refractivity contribution is 6.03. The normalized spacial score (nSPS) is 11.5. The summed E-state index contributed by atoms with van der Waals surface area (Å²) in [6.45, 7) is 3.83. The highest BCUT2D eigenvalue weighted by Crippen LogP contribution is 2.27. The van der Waals surface area contributed by atoms with E-state index < -0.39 is 22.8 Å². The molecule has 6 heteroatoms. The number of ketones is 1. The average Bonchev–Trinajstić information content (AvgIpc) is 2.74. The summed E-state index contributed by atoms with van der Waals surface area (Å²) in [5.74, 6) is -1.32. The topological polar surface area (TPSA) is 86.5 Å². The number of para-hydroxylation sites is 1. The molecule has 0 radical (unpaired) electrons. The summed E-state index contributed by atoms with van der Waals surface area (Å²) < 4.78 is 5.51. The third-order valence-corrected chi connectivity index (χ3v) is 4.68. The van der Waals surface area contributed by atoms with Crippen LogP contribution in [0, 0.1) is 24.0 Å². The van der Waals surface area contributed by atoms with E-state index in [9.17, 15) is 19.7 Å². The smallest absolute Gasteiger partial charge is 0.346 e. The second kappa shape index (κ2) is 8.48. The van der Waals surface area contributed by atoms with Crippen molar-refractivity contribution in [1.29, 1.82) is 0 Å². The van der Waals surface area contributed by atoms with Gasteiger partial charge in [-0.25, -0.2) is 4.79 Å². The van der Waals surface area contributed by atoms with E-state index in [0.717, 1.165) is 11.1 Å². The first-order chi connectivity index (χ1) is 13.9. The maximum atomic E-state index is 13.2. The van der Waals surface area contributed by atoms with Crippen LogP contribution in [0.15, 0.2) is 72.8 Å². The molecule has 0 aliphatic carbocycles. The van der Waals surface area contributed by atoms with Gasteiger partial charge in [-0.05, 0) is 37.1 Å². The minimum absolute atomic E-state index is 0.202. The van der Waals surface area contributed by atoms with Crippen LogP contribution in [0.1, 0.15) is 43.5 Å². The standard InChI is InChI=1S/C23H19NO5/c1-15-12-13-18(14-16(15)2)21(25)22(17-8-4-3-5-9-17)29-23(26)19-10-6-7-11-20(19)24(27)28/h3-14,22H,1-2H3/t22-/m1/s1. The first kappa shape index (κ1) is 19.9. The first-order valence-electron chi connectivity index (χ1n) is 8.99. The van der Waals surface area contributed by atoms with Crippen molar-refractivity contribution in [1.82, 2.24) is 0 Å².